The molecule has 1 aromatic carbocycles. The summed E-state index contributed by atoms with van der Waals surface area (Å²) in [5.41, 5.74) is 0.766. The molecule has 11 heteroatoms. The summed E-state index contributed by atoms with van der Waals surface area (Å²) in [5, 5.41) is 10.6. The van der Waals surface area contributed by atoms with Crippen LogP contribution in [0.5, 0.6) is 11.5 Å². The lowest BCUT2D eigenvalue weighted by molar-refractivity contribution is -0.118. The molecule has 0 spiro atoms. The van der Waals surface area contributed by atoms with Gasteiger partial charge in [-0.25, -0.2) is 4.98 Å². The molecular formula is C25H37ClN6O4. The third-order valence-electron chi connectivity index (χ3n) is 6.86. The molecule has 0 aliphatic carbocycles. The van der Waals surface area contributed by atoms with E-state index in [0.29, 0.717) is 42.6 Å². The first kappa shape index (κ1) is 26.5. The molecule has 0 bridgehead atoms. The standard InChI is InChI=1S/C25H37ClN6O4/c1-34-21-14-19-20(15-22(21)35-2)30-25(28-9-3-8-27-23(33)16-26)31-24(19)29-17-4-10-32(11-5-17)18-6-12-36-13-7-18/h14-15,17-18H,3-13,16H2,1-2H3,(H,27,33)(H2,28,29,30,31). The molecule has 2 fully saturated rings. The number of aromatic nitrogens is 2. The van der Waals surface area contributed by atoms with Crippen LogP contribution in [0.25, 0.3) is 10.9 Å². The Labute approximate surface area is 217 Å². The van der Waals surface area contributed by atoms with Crippen molar-refractivity contribution in [3.63, 3.8) is 0 Å². The number of fused-ring (bicyclic) bond motifs is 1. The quantitative estimate of drug-likeness (QED) is 0.304. The number of hydrogen-bond acceptors (Lipinski definition) is 9. The highest BCUT2D eigenvalue weighted by Gasteiger charge is 2.27. The Balaban J connectivity index is 1.46. The van der Waals surface area contributed by atoms with Crippen molar-refractivity contribution in [1.29, 1.82) is 0 Å². The summed E-state index contributed by atoms with van der Waals surface area (Å²) in [6, 6.07) is 4.77. The van der Waals surface area contributed by atoms with E-state index < -0.39 is 0 Å². The number of amides is 1. The van der Waals surface area contributed by atoms with Crippen LogP contribution in [-0.2, 0) is 9.53 Å². The Kier molecular flexibility index (Phi) is 9.66. The van der Waals surface area contributed by atoms with Gasteiger partial charge in [-0.1, -0.05) is 0 Å². The van der Waals surface area contributed by atoms with Gasteiger partial charge in [-0.05, 0) is 38.2 Å². The molecule has 0 radical (unpaired) electrons. The summed E-state index contributed by atoms with van der Waals surface area (Å²) in [4.78, 5) is 23.5. The van der Waals surface area contributed by atoms with Crippen LogP contribution < -0.4 is 25.4 Å². The number of alkyl halides is 1. The molecule has 198 valence electrons. The molecule has 2 saturated heterocycles. The minimum atomic E-state index is -0.172. The Morgan fingerprint density at radius 1 is 1.08 bits per heavy atom. The van der Waals surface area contributed by atoms with E-state index in [1.807, 2.05) is 12.1 Å². The number of likely N-dealkylation sites (tertiary alicyclic amines) is 1. The molecule has 2 aliphatic heterocycles. The molecule has 3 heterocycles. The first-order valence-corrected chi connectivity index (χ1v) is 13.2. The summed E-state index contributed by atoms with van der Waals surface area (Å²) in [7, 11) is 3.24. The van der Waals surface area contributed by atoms with Gasteiger partial charge in [0.05, 0.1) is 19.7 Å². The Morgan fingerprint density at radius 2 is 1.81 bits per heavy atom. The number of carbonyl (C=O) groups is 1. The van der Waals surface area contributed by atoms with Crippen LogP contribution in [0.1, 0.15) is 32.1 Å². The third-order valence-corrected chi connectivity index (χ3v) is 7.10. The van der Waals surface area contributed by atoms with Crippen molar-refractivity contribution in [2.75, 3.05) is 70.1 Å². The maximum atomic E-state index is 11.3. The number of nitrogens with zero attached hydrogens (tertiary/aromatic N) is 3. The van der Waals surface area contributed by atoms with Crippen molar-refractivity contribution in [2.45, 2.75) is 44.2 Å². The minimum Gasteiger partial charge on any atom is -0.493 e. The second-order valence-electron chi connectivity index (χ2n) is 9.18. The van der Waals surface area contributed by atoms with Crippen molar-refractivity contribution < 1.29 is 19.0 Å². The first-order valence-electron chi connectivity index (χ1n) is 12.7. The van der Waals surface area contributed by atoms with E-state index in [4.69, 9.17) is 35.8 Å². The molecule has 10 nitrogen and oxygen atoms in total. The zero-order chi connectivity index (χ0) is 25.3. The summed E-state index contributed by atoms with van der Waals surface area (Å²) in [6.45, 7) is 5.04. The lowest BCUT2D eigenvalue weighted by Crippen LogP contribution is -2.46. The SMILES string of the molecule is COc1cc2nc(NCCCNC(=O)CCl)nc(NC3CCN(C4CCOCC4)CC3)c2cc1OC. The molecule has 0 saturated carbocycles. The van der Waals surface area contributed by atoms with E-state index in [-0.39, 0.29) is 11.8 Å². The minimum absolute atomic E-state index is 0.0322. The molecule has 3 N–H and O–H groups in total. The number of carbonyl (C=O) groups excluding carboxylic acids is 1. The summed E-state index contributed by atoms with van der Waals surface area (Å²) in [5.74, 6) is 2.36. The first-order chi connectivity index (χ1) is 17.6. The van der Waals surface area contributed by atoms with E-state index in [1.165, 1.54) is 0 Å². The highest BCUT2D eigenvalue weighted by Crippen LogP contribution is 2.35. The van der Waals surface area contributed by atoms with Crippen LogP contribution in [0.4, 0.5) is 11.8 Å². The van der Waals surface area contributed by atoms with Crippen LogP contribution in [0, 0.1) is 0 Å². The van der Waals surface area contributed by atoms with E-state index in [2.05, 4.69) is 20.9 Å². The van der Waals surface area contributed by atoms with E-state index >= 15 is 0 Å². The van der Waals surface area contributed by atoms with Crippen LogP contribution in [0.3, 0.4) is 0 Å². The maximum Gasteiger partial charge on any atom is 0.234 e. The van der Waals surface area contributed by atoms with E-state index in [0.717, 1.165) is 75.1 Å². The number of benzene rings is 1. The van der Waals surface area contributed by atoms with Gasteiger partial charge >= 0.3 is 0 Å². The molecular weight excluding hydrogens is 484 g/mol. The van der Waals surface area contributed by atoms with Gasteiger partial charge in [0.1, 0.15) is 11.7 Å². The van der Waals surface area contributed by atoms with Crippen LogP contribution in [0.2, 0.25) is 0 Å². The Hall–Kier alpha value is -2.56. The lowest BCUT2D eigenvalue weighted by atomic mass is 9.99. The molecule has 36 heavy (non-hydrogen) atoms. The third kappa shape index (κ3) is 6.80. The predicted molar refractivity (Wildman–Crippen MR) is 142 cm³/mol. The molecule has 2 aromatic rings. The van der Waals surface area contributed by atoms with Gasteiger partial charge in [0, 0.05) is 62.9 Å². The average Bonchev–Trinajstić information content (AvgIpc) is 2.92. The number of methoxy groups -OCH3 is 2. The molecule has 2 aliphatic rings. The number of piperidine rings is 1. The number of hydrogen-bond donors (Lipinski definition) is 3. The zero-order valence-corrected chi connectivity index (χ0v) is 21.9. The van der Waals surface area contributed by atoms with Crippen LogP contribution >= 0.6 is 11.6 Å². The lowest BCUT2D eigenvalue weighted by Gasteiger charge is -2.39. The van der Waals surface area contributed by atoms with Crippen LogP contribution in [-0.4, -0.2) is 92.4 Å². The second-order valence-corrected chi connectivity index (χ2v) is 9.45. The highest BCUT2D eigenvalue weighted by molar-refractivity contribution is 6.27. The van der Waals surface area contributed by atoms with Crippen molar-refractivity contribution in [3.05, 3.63) is 12.1 Å². The number of ether oxygens (including phenoxy) is 3. The fraction of sp³-hybridized carbons (Fsp3) is 0.640. The molecule has 0 unspecified atom stereocenters. The van der Waals surface area contributed by atoms with Crippen molar-refractivity contribution in [1.82, 2.24) is 20.2 Å². The normalized spacial score (nSPS) is 17.6. The van der Waals surface area contributed by atoms with Crippen molar-refractivity contribution in [2.24, 2.45) is 0 Å². The monoisotopic (exact) mass is 520 g/mol. The van der Waals surface area contributed by atoms with E-state index in [9.17, 15) is 4.79 Å². The molecule has 4 rings (SSSR count). The topological polar surface area (TPSA) is 110 Å². The summed E-state index contributed by atoms with van der Waals surface area (Å²) in [6.07, 6.45) is 5.09. The second kappa shape index (κ2) is 13.1. The number of rotatable bonds is 11. The van der Waals surface area contributed by atoms with Gasteiger partial charge in [0.25, 0.3) is 0 Å². The van der Waals surface area contributed by atoms with Gasteiger partial charge in [-0.3, -0.25) is 4.79 Å². The van der Waals surface area contributed by atoms with Crippen molar-refractivity contribution >= 4 is 40.2 Å². The Morgan fingerprint density at radius 3 is 2.50 bits per heavy atom. The van der Waals surface area contributed by atoms with Crippen molar-refractivity contribution in [3.8, 4) is 11.5 Å². The van der Waals surface area contributed by atoms with E-state index in [1.54, 1.807) is 14.2 Å². The molecule has 1 amide bonds. The fourth-order valence-corrected chi connectivity index (χ4v) is 4.96. The summed E-state index contributed by atoms with van der Waals surface area (Å²) < 4.78 is 16.6. The summed E-state index contributed by atoms with van der Waals surface area (Å²) >= 11 is 5.53. The molecule has 1 aromatic heterocycles. The van der Waals surface area contributed by atoms with Gasteiger partial charge in [-0.2, -0.15) is 4.98 Å². The maximum absolute atomic E-state index is 11.3. The molecule has 0 atom stereocenters. The highest BCUT2D eigenvalue weighted by atomic mass is 35.5. The largest absolute Gasteiger partial charge is 0.493 e. The number of nitrogens with one attached hydrogen (secondary N) is 3. The fourth-order valence-electron chi connectivity index (χ4n) is 4.86. The van der Waals surface area contributed by atoms with Gasteiger partial charge in [0.15, 0.2) is 11.5 Å². The number of halogens is 1. The van der Waals surface area contributed by atoms with Gasteiger partial charge in [-0.15, -0.1) is 11.6 Å². The van der Waals surface area contributed by atoms with Gasteiger partial charge < -0.3 is 35.1 Å². The Bertz CT molecular complexity index is 1010. The van der Waals surface area contributed by atoms with Gasteiger partial charge in [0.2, 0.25) is 11.9 Å². The van der Waals surface area contributed by atoms with Crippen LogP contribution in [0.15, 0.2) is 12.1 Å². The smallest absolute Gasteiger partial charge is 0.234 e. The number of anilines is 2. The predicted octanol–water partition coefficient (Wildman–Crippen LogP) is 2.86. The zero-order valence-electron chi connectivity index (χ0n) is 21.1. The average molecular weight is 521 g/mol.